The van der Waals surface area contributed by atoms with Gasteiger partial charge in [0.2, 0.25) is 5.91 Å². The molecule has 0 unspecified atom stereocenters. The third kappa shape index (κ3) is 11.7. The first kappa shape index (κ1) is 40.6. The summed E-state index contributed by atoms with van der Waals surface area (Å²) in [6.45, 7) is 14.5. The van der Waals surface area contributed by atoms with E-state index in [1.807, 2.05) is 91.0 Å². The van der Waals surface area contributed by atoms with Crippen molar-refractivity contribution >= 4 is 28.9 Å². The van der Waals surface area contributed by atoms with Crippen LogP contribution in [0.3, 0.4) is 0 Å². The smallest absolute Gasteiger partial charge is 0.407 e. The average Bonchev–Trinajstić information content (AvgIpc) is 3.59. The molecular formula is C41H55N9O6. The third-order valence-corrected chi connectivity index (χ3v) is 9.61. The van der Waals surface area contributed by atoms with E-state index in [0.717, 1.165) is 63.4 Å². The molecule has 0 saturated carbocycles. The van der Waals surface area contributed by atoms with Crippen LogP contribution in [0.25, 0.3) is 22.3 Å². The Labute approximate surface area is 328 Å². The summed E-state index contributed by atoms with van der Waals surface area (Å²) in [4.78, 5) is 40.6. The van der Waals surface area contributed by atoms with Gasteiger partial charge >= 0.3 is 6.09 Å². The van der Waals surface area contributed by atoms with Gasteiger partial charge in [0.05, 0.1) is 37.9 Å². The van der Waals surface area contributed by atoms with Crippen LogP contribution in [0.15, 0.2) is 73.1 Å². The van der Waals surface area contributed by atoms with Gasteiger partial charge in [-0.1, -0.05) is 24.3 Å². The van der Waals surface area contributed by atoms with E-state index in [4.69, 9.17) is 29.8 Å². The monoisotopic (exact) mass is 769 g/mol. The third-order valence-electron chi connectivity index (χ3n) is 9.61. The molecule has 1 atom stereocenters. The van der Waals surface area contributed by atoms with Crippen LogP contribution in [-0.4, -0.2) is 137 Å². The Morgan fingerprint density at radius 1 is 0.893 bits per heavy atom. The quantitative estimate of drug-likeness (QED) is 0.119. The fourth-order valence-electron chi connectivity index (χ4n) is 6.77. The molecule has 56 heavy (non-hydrogen) atoms. The number of hydrogen-bond acceptors (Lipinski definition) is 12. The summed E-state index contributed by atoms with van der Waals surface area (Å²) < 4.78 is 24.4. The molecule has 6 rings (SSSR count). The van der Waals surface area contributed by atoms with E-state index >= 15 is 0 Å². The maximum absolute atomic E-state index is 13.4. The van der Waals surface area contributed by atoms with Gasteiger partial charge in [0.25, 0.3) is 0 Å². The summed E-state index contributed by atoms with van der Waals surface area (Å²) in [7, 11) is 0. The van der Waals surface area contributed by atoms with Gasteiger partial charge in [-0.2, -0.15) is 5.10 Å². The highest BCUT2D eigenvalue weighted by Crippen LogP contribution is 2.35. The molecule has 0 bridgehead atoms. The number of aromatic nitrogens is 4. The fourth-order valence-corrected chi connectivity index (χ4v) is 6.77. The number of hydrogen-bond donors (Lipinski definition) is 2. The normalized spacial score (nSPS) is 17.1. The number of fused-ring (bicyclic) bond motifs is 1. The molecule has 2 fully saturated rings. The van der Waals surface area contributed by atoms with Crippen molar-refractivity contribution < 1.29 is 28.5 Å². The van der Waals surface area contributed by atoms with E-state index in [0.29, 0.717) is 74.4 Å². The first-order valence-electron chi connectivity index (χ1n) is 19.5. The minimum Gasteiger partial charge on any atom is -0.457 e. The van der Waals surface area contributed by atoms with Gasteiger partial charge in [-0.05, 0) is 70.0 Å². The van der Waals surface area contributed by atoms with Crippen LogP contribution < -0.4 is 15.8 Å². The van der Waals surface area contributed by atoms with E-state index < -0.39 is 11.7 Å². The molecule has 300 valence electrons. The number of nitrogens with one attached hydrogen (secondary N) is 1. The minimum atomic E-state index is -0.517. The Morgan fingerprint density at radius 2 is 1.61 bits per heavy atom. The number of piperazine rings is 1. The second-order valence-electron chi connectivity index (χ2n) is 15.0. The predicted molar refractivity (Wildman–Crippen MR) is 214 cm³/mol. The molecule has 2 aliphatic rings. The van der Waals surface area contributed by atoms with Crippen LogP contribution in [0.4, 0.5) is 10.6 Å². The van der Waals surface area contributed by atoms with Crippen molar-refractivity contribution in [3.8, 4) is 22.8 Å². The average molecular weight is 770 g/mol. The number of nitrogen functional groups attached to an aromatic ring is 1. The van der Waals surface area contributed by atoms with Crippen LogP contribution in [-0.2, 0) is 19.0 Å². The van der Waals surface area contributed by atoms with Gasteiger partial charge in [0.1, 0.15) is 34.9 Å². The highest BCUT2D eigenvalue weighted by atomic mass is 16.6. The number of benzene rings is 2. The van der Waals surface area contributed by atoms with E-state index in [9.17, 15) is 9.59 Å². The molecule has 2 saturated heterocycles. The maximum atomic E-state index is 13.4. The summed E-state index contributed by atoms with van der Waals surface area (Å²) in [5, 5.41) is 8.41. The summed E-state index contributed by atoms with van der Waals surface area (Å²) in [5.41, 5.74) is 8.13. The number of rotatable bonds is 16. The zero-order valence-electron chi connectivity index (χ0n) is 32.8. The molecule has 2 aromatic heterocycles. The lowest BCUT2D eigenvalue weighted by Crippen LogP contribution is -2.47. The van der Waals surface area contributed by atoms with Crippen molar-refractivity contribution in [2.24, 2.45) is 0 Å². The molecule has 3 N–H and O–H groups in total. The lowest BCUT2D eigenvalue weighted by molar-refractivity contribution is -0.127. The first-order chi connectivity index (χ1) is 27.1. The second-order valence-corrected chi connectivity index (χ2v) is 15.0. The molecule has 2 aliphatic heterocycles. The van der Waals surface area contributed by atoms with Crippen molar-refractivity contribution in [2.45, 2.75) is 45.3 Å². The lowest BCUT2D eigenvalue weighted by Gasteiger charge is -2.34. The molecule has 2 aromatic carbocycles. The van der Waals surface area contributed by atoms with Crippen LogP contribution in [0, 0.1) is 0 Å². The van der Waals surface area contributed by atoms with Crippen molar-refractivity contribution in [1.82, 2.24) is 39.8 Å². The van der Waals surface area contributed by atoms with Crippen LogP contribution in [0.2, 0.25) is 0 Å². The number of ether oxygens (including phenoxy) is 4. The Bertz CT molecular complexity index is 1890. The highest BCUT2D eigenvalue weighted by Gasteiger charge is 2.28. The van der Waals surface area contributed by atoms with Gasteiger partial charge in [0, 0.05) is 70.5 Å². The maximum Gasteiger partial charge on any atom is 0.407 e. The lowest BCUT2D eigenvalue weighted by atomic mass is 10.1. The van der Waals surface area contributed by atoms with E-state index in [2.05, 4.69) is 25.1 Å². The second kappa shape index (κ2) is 19.7. The van der Waals surface area contributed by atoms with Crippen molar-refractivity contribution in [1.29, 1.82) is 0 Å². The number of nitrogens with two attached hydrogens (primary N) is 1. The molecule has 4 heterocycles. The van der Waals surface area contributed by atoms with Gasteiger partial charge in [-0.25, -0.2) is 19.4 Å². The minimum absolute atomic E-state index is 0.00796. The van der Waals surface area contributed by atoms with E-state index in [1.54, 1.807) is 6.08 Å². The van der Waals surface area contributed by atoms with Gasteiger partial charge in [-0.3, -0.25) is 14.6 Å². The number of carbonyl (C=O) groups is 2. The summed E-state index contributed by atoms with van der Waals surface area (Å²) in [6.07, 6.45) is 6.45. The molecule has 0 aliphatic carbocycles. The van der Waals surface area contributed by atoms with Crippen molar-refractivity contribution in [2.75, 3.05) is 91.1 Å². The number of carbonyl (C=O) groups excluding carboxylic acids is 2. The number of nitrogens with zero attached hydrogens (tertiary/aromatic N) is 7. The van der Waals surface area contributed by atoms with Gasteiger partial charge in [0.15, 0.2) is 5.65 Å². The van der Waals surface area contributed by atoms with Gasteiger partial charge < -0.3 is 34.9 Å². The van der Waals surface area contributed by atoms with Gasteiger partial charge in [-0.15, -0.1) is 0 Å². The number of para-hydroxylation sites is 1. The summed E-state index contributed by atoms with van der Waals surface area (Å²) in [6, 6.07) is 17.3. The topological polar surface area (TPSA) is 162 Å². The van der Waals surface area contributed by atoms with Crippen LogP contribution in [0.5, 0.6) is 11.5 Å². The number of likely N-dealkylation sites (tertiary alicyclic amines) is 1. The summed E-state index contributed by atoms with van der Waals surface area (Å²) in [5.74, 6) is 1.86. The van der Waals surface area contributed by atoms with E-state index in [-0.39, 0.29) is 11.9 Å². The molecular weight excluding hydrogens is 715 g/mol. The number of anilines is 1. The SMILES string of the molecule is CC(C)(C)OC(=O)NCCOCCOCCN1CCN(C/C=C/C(=O)N2CCC[C@@H](n3nc(-c4ccc(Oc5ccccc5)cc4)c4c(N)ncnc43)C2)CC1. The standard InChI is InChI=1S/C41H55N9O6/c1-41(2,3)56-40(52)43-17-25-53-27-28-54-26-24-48-22-20-47(21-23-48)18-8-12-35(51)49-19-7-9-32(29-49)50-39-36(38(42)44-30-45-39)37(46-50)31-13-15-34(16-14-31)55-33-10-5-4-6-11-33/h4-6,8,10-16,30,32H,7,9,17-29H2,1-3H3,(H,43,52)(H2,42,44,45)/b12-8+/t32-/m1/s1. The molecule has 4 aromatic rings. The molecule has 15 heteroatoms. The zero-order chi connectivity index (χ0) is 39.3. The first-order valence-corrected chi connectivity index (χ1v) is 19.5. The Kier molecular flexibility index (Phi) is 14.2. The number of alkyl carbamates (subject to hydrolysis) is 1. The van der Waals surface area contributed by atoms with Crippen molar-refractivity contribution in [3.05, 3.63) is 73.1 Å². The zero-order valence-corrected chi connectivity index (χ0v) is 32.8. The Morgan fingerprint density at radius 3 is 2.36 bits per heavy atom. The van der Waals surface area contributed by atoms with E-state index in [1.165, 1.54) is 6.33 Å². The fraction of sp³-hybridized carbons (Fsp3) is 0.488. The molecule has 15 nitrogen and oxygen atoms in total. The van der Waals surface area contributed by atoms with Crippen LogP contribution in [0.1, 0.15) is 39.7 Å². The predicted octanol–water partition coefficient (Wildman–Crippen LogP) is 4.76. The number of piperidine rings is 1. The Balaban J connectivity index is 0.915. The molecule has 0 radical (unpaired) electrons. The van der Waals surface area contributed by atoms with Crippen LogP contribution >= 0.6 is 0 Å². The molecule has 0 spiro atoms. The number of amides is 2. The molecule has 2 amide bonds. The Hall–Kier alpha value is -5.09. The van der Waals surface area contributed by atoms with Crippen molar-refractivity contribution in [3.63, 3.8) is 0 Å². The largest absolute Gasteiger partial charge is 0.457 e. The highest BCUT2D eigenvalue weighted by molar-refractivity contribution is 5.98. The summed E-state index contributed by atoms with van der Waals surface area (Å²) >= 11 is 0.